The van der Waals surface area contributed by atoms with Crippen LogP contribution in [0.4, 0.5) is 0 Å². The number of hydrogen-bond donors (Lipinski definition) is 0. The average Bonchev–Trinajstić information content (AvgIpc) is 2.13. The maximum Gasteiger partial charge on any atom is 0.293 e. The lowest BCUT2D eigenvalue weighted by Gasteiger charge is -2.10. The summed E-state index contributed by atoms with van der Waals surface area (Å²) in [5.41, 5.74) is 0. The zero-order chi connectivity index (χ0) is 6.85. The molecule has 4 nitrogen and oxygen atoms in total. The molecule has 0 aliphatic carbocycles. The monoisotopic (exact) mass is 127 g/mol. The van der Waals surface area contributed by atoms with Crippen molar-refractivity contribution < 1.29 is 4.92 Å². The highest BCUT2D eigenvalue weighted by Gasteiger charge is 2.25. The number of nitrogens with zero attached hydrogens (tertiary/aromatic N) is 2. The molecule has 0 bridgehead atoms. The molecular formula is C5H7N2O2. The quantitative estimate of drug-likeness (QED) is 0.374. The van der Waals surface area contributed by atoms with E-state index in [0.717, 1.165) is 0 Å². The molecule has 1 aliphatic heterocycles. The van der Waals surface area contributed by atoms with Gasteiger partial charge in [-0.25, -0.2) is 0 Å². The zero-order valence-electron chi connectivity index (χ0n) is 5.02. The molecule has 0 N–H and O–H groups in total. The molecule has 0 saturated carbocycles. The van der Waals surface area contributed by atoms with Crippen LogP contribution in [0.3, 0.4) is 0 Å². The summed E-state index contributed by atoms with van der Waals surface area (Å²) < 4.78 is 0. The van der Waals surface area contributed by atoms with Gasteiger partial charge < -0.3 is 4.90 Å². The summed E-state index contributed by atoms with van der Waals surface area (Å²) in [5, 5.41) is 10.1. The molecule has 1 aliphatic rings. The molecule has 1 heterocycles. The summed E-state index contributed by atoms with van der Waals surface area (Å²) in [5.74, 6) is 0. The Balaban J connectivity index is 2.55. The number of hydrogen-bond acceptors (Lipinski definition) is 3. The van der Waals surface area contributed by atoms with Gasteiger partial charge in [-0.15, -0.1) is 0 Å². The number of nitro groups is 1. The molecule has 0 aromatic rings. The van der Waals surface area contributed by atoms with Crippen LogP contribution in [0.15, 0.2) is 12.3 Å². The van der Waals surface area contributed by atoms with Crippen LogP contribution >= 0.6 is 0 Å². The van der Waals surface area contributed by atoms with Gasteiger partial charge >= 0.3 is 0 Å². The maximum atomic E-state index is 10.1. The van der Waals surface area contributed by atoms with Crippen LogP contribution in [0.2, 0.25) is 0 Å². The van der Waals surface area contributed by atoms with Crippen molar-refractivity contribution in [3.63, 3.8) is 0 Å². The van der Waals surface area contributed by atoms with Crippen molar-refractivity contribution in [1.82, 2.24) is 4.90 Å². The topological polar surface area (TPSA) is 46.4 Å². The van der Waals surface area contributed by atoms with Crippen LogP contribution in [0.1, 0.15) is 0 Å². The van der Waals surface area contributed by atoms with E-state index in [9.17, 15) is 10.1 Å². The Kier molecular flexibility index (Phi) is 1.38. The van der Waals surface area contributed by atoms with Crippen molar-refractivity contribution in [3.8, 4) is 0 Å². The van der Waals surface area contributed by atoms with Crippen LogP contribution in [0, 0.1) is 16.5 Å². The third kappa shape index (κ3) is 1.01. The third-order valence-electron chi connectivity index (χ3n) is 1.24. The van der Waals surface area contributed by atoms with E-state index in [-0.39, 0.29) is 4.92 Å². The highest BCUT2D eigenvalue weighted by atomic mass is 16.6. The summed E-state index contributed by atoms with van der Waals surface area (Å²) in [6.45, 7) is 0. The van der Waals surface area contributed by atoms with Crippen LogP contribution in [0.5, 0.6) is 0 Å². The fraction of sp³-hybridized carbons (Fsp3) is 0.400. The second-order valence-corrected chi connectivity index (χ2v) is 1.90. The van der Waals surface area contributed by atoms with Crippen molar-refractivity contribution in [2.75, 3.05) is 7.05 Å². The van der Waals surface area contributed by atoms with Gasteiger partial charge in [0, 0.05) is 18.2 Å². The lowest BCUT2D eigenvalue weighted by atomic mass is 10.4. The Morgan fingerprint density at radius 2 is 2.44 bits per heavy atom. The van der Waals surface area contributed by atoms with Gasteiger partial charge in [-0.3, -0.25) is 10.1 Å². The molecule has 1 unspecified atom stereocenters. The summed E-state index contributed by atoms with van der Waals surface area (Å²) in [4.78, 5) is 11.3. The Labute approximate surface area is 52.9 Å². The molecule has 49 valence electrons. The Hall–Kier alpha value is -1.06. The minimum Gasteiger partial charge on any atom is -0.320 e. The summed E-state index contributed by atoms with van der Waals surface area (Å²) in [6.07, 6.45) is 4.24. The van der Waals surface area contributed by atoms with Crippen LogP contribution < -0.4 is 0 Å². The lowest BCUT2D eigenvalue weighted by Crippen LogP contribution is -2.30. The van der Waals surface area contributed by atoms with Crippen molar-refractivity contribution in [2.24, 2.45) is 0 Å². The molecule has 1 atom stereocenters. The molecule has 4 heteroatoms. The van der Waals surface area contributed by atoms with E-state index in [2.05, 4.69) is 0 Å². The van der Waals surface area contributed by atoms with Gasteiger partial charge in [-0.05, 0) is 0 Å². The van der Waals surface area contributed by atoms with E-state index < -0.39 is 6.17 Å². The lowest BCUT2D eigenvalue weighted by molar-refractivity contribution is -0.533. The standard InChI is InChI=1S/C5H7N2O2/c1-6-4-2-3-5(6)7(8)9/h2-5H,1H3. The summed E-state index contributed by atoms with van der Waals surface area (Å²) in [6, 6.07) is 0. The summed E-state index contributed by atoms with van der Waals surface area (Å²) >= 11 is 0. The average molecular weight is 127 g/mol. The minimum atomic E-state index is -0.648. The second-order valence-electron chi connectivity index (χ2n) is 1.90. The van der Waals surface area contributed by atoms with Gasteiger partial charge in [0.05, 0.1) is 6.42 Å². The van der Waals surface area contributed by atoms with Crippen LogP contribution in [-0.2, 0) is 0 Å². The third-order valence-corrected chi connectivity index (χ3v) is 1.24. The fourth-order valence-electron chi connectivity index (χ4n) is 0.728. The largest absolute Gasteiger partial charge is 0.320 e. The summed E-state index contributed by atoms with van der Waals surface area (Å²) in [7, 11) is 1.67. The Morgan fingerprint density at radius 3 is 2.67 bits per heavy atom. The van der Waals surface area contributed by atoms with Gasteiger partial charge in [-0.2, -0.15) is 0 Å². The van der Waals surface area contributed by atoms with Crippen molar-refractivity contribution in [1.29, 1.82) is 0 Å². The van der Waals surface area contributed by atoms with Crippen molar-refractivity contribution >= 4 is 0 Å². The molecule has 0 saturated heterocycles. The highest BCUT2D eigenvalue weighted by Crippen LogP contribution is 2.09. The van der Waals surface area contributed by atoms with Gasteiger partial charge in [0.25, 0.3) is 6.17 Å². The van der Waals surface area contributed by atoms with E-state index in [1.807, 2.05) is 0 Å². The van der Waals surface area contributed by atoms with E-state index in [4.69, 9.17) is 0 Å². The van der Waals surface area contributed by atoms with E-state index in [1.54, 1.807) is 30.6 Å². The fourth-order valence-corrected chi connectivity index (χ4v) is 0.728. The van der Waals surface area contributed by atoms with Gasteiger partial charge in [0.15, 0.2) is 0 Å². The van der Waals surface area contributed by atoms with Crippen LogP contribution in [-0.4, -0.2) is 23.0 Å². The first-order valence-corrected chi connectivity index (χ1v) is 2.59. The molecule has 9 heavy (non-hydrogen) atoms. The van der Waals surface area contributed by atoms with Gasteiger partial charge in [0.1, 0.15) is 0 Å². The second kappa shape index (κ2) is 2.05. The highest BCUT2D eigenvalue weighted by molar-refractivity contribution is 5.06. The van der Waals surface area contributed by atoms with Crippen molar-refractivity contribution in [2.45, 2.75) is 6.17 Å². The van der Waals surface area contributed by atoms with Crippen molar-refractivity contribution in [3.05, 3.63) is 28.8 Å². The smallest absolute Gasteiger partial charge is 0.293 e. The Morgan fingerprint density at radius 1 is 1.78 bits per heavy atom. The predicted molar refractivity (Wildman–Crippen MR) is 32.0 cm³/mol. The molecular weight excluding hydrogens is 120 g/mol. The van der Waals surface area contributed by atoms with E-state index in [1.165, 1.54) is 0 Å². The van der Waals surface area contributed by atoms with E-state index >= 15 is 0 Å². The maximum absolute atomic E-state index is 10.1. The predicted octanol–water partition coefficient (Wildman–Crippen LogP) is 0.253. The molecule has 1 rings (SSSR count). The molecule has 0 fully saturated rings. The molecule has 0 aromatic heterocycles. The normalized spacial score (nSPS) is 25.0. The first kappa shape index (κ1) is 6.07. The van der Waals surface area contributed by atoms with E-state index in [0.29, 0.717) is 0 Å². The molecule has 0 aromatic carbocycles. The minimum absolute atomic E-state index is 0.333. The first-order valence-electron chi connectivity index (χ1n) is 2.59. The molecule has 1 radical (unpaired) electrons. The van der Waals surface area contributed by atoms with Gasteiger partial charge in [0.2, 0.25) is 0 Å². The SMILES string of the molecule is CN1C=C[CH]C1[N+](=O)[O-]. The molecule has 0 spiro atoms. The molecule has 0 amide bonds. The van der Waals surface area contributed by atoms with Gasteiger partial charge in [-0.1, -0.05) is 6.08 Å². The Bertz CT molecular complexity index is 155. The number of rotatable bonds is 1. The van der Waals surface area contributed by atoms with Crippen LogP contribution in [0.25, 0.3) is 0 Å². The first-order chi connectivity index (χ1) is 4.22. The zero-order valence-corrected chi connectivity index (χ0v) is 5.02.